The largest absolute Gasteiger partial charge is 0.311 e. The molecule has 0 aliphatic carbocycles. The second kappa shape index (κ2) is 3.95. The fourth-order valence-corrected chi connectivity index (χ4v) is 2.34. The van der Waals surface area contributed by atoms with Crippen molar-refractivity contribution < 1.29 is 8.42 Å². The molecular formula is C6H14N2O2S2. The summed E-state index contributed by atoms with van der Waals surface area (Å²) in [6.07, 6.45) is 1.24. The zero-order chi connectivity index (χ0) is 9.19. The van der Waals surface area contributed by atoms with Crippen LogP contribution in [0.25, 0.3) is 0 Å². The Morgan fingerprint density at radius 3 is 2.83 bits per heavy atom. The highest BCUT2D eigenvalue weighted by molar-refractivity contribution is 7.88. The van der Waals surface area contributed by atoms with Crippen LogP contribution in [0.3, 0.4) is 0 Å². The zero-order valence-corrected chi connectivity index (χ0v) is 8.74. The van der Waals surface area contributed by atoms with Gasteiger partial charge in [-0.1, -0.05) is 0 Å². The van der Waals surface area contributed by atoms with Crippen LogP contribution in [-0.4, -0.2) is 50.4 Å². The van der Waals surface area contributed by atoms with Crippen LogP contribution in [0, 0.1) is 0 Å². The molecule has 1 aliphatic rings. The maximum atomic E-state index is 11.1. The van der Waals surface area contributed by atoms with E-state index in [-0.39, 0.29) is 6.04 Å². The predicted octanol–water partition coefficient (Wildman–Crippen LogP) is -0.850. The van der Waals surface area contributed by atoms with Gasteiger partial charge in [-0.3, -0.25) is 0 Å². The smallest absolute Gasteiger partial charge is 0.211 e. The molecule has 0 aromatic carbocycles. The molecule has 0 bridgehead atoms. The minimum Gasteiger partial charge on any atom is -0.311 e. The maximum absolute atomic E-state index is 11.1. The molecule has 0 amide bonds. The molecule has 12 heavy (non-hydrogen) atoms. The van der Waals surface area contributed by atoms with E-state index in [4.69, 9.17) is 0 Å². The lowest BCUT2D eigenvalue weighted by Gasteiger charge is -2.30. The van der Waals surface area contributed by atoms with Crippen LogP contribution in [0.1, 0.15) is 0 Å². The van der Waals surface area contributed by atoms with E-state index >= 15 is 0 Å². The van der Waals surface area contributed by atoms with E-state index in [9.17, 15) is 8.42 Å². The van der Waals surface area contributed by atoms with E-state index in [1.807, 2.05) is 0 Å². The topological polar surface area (TPSA) is 49.4 Å². The highest BCUT2D eigenvalue weighted by Gasteiger charge is 2.24. The van der Waals surface area contributed by atoms with E-state index < -0.39 is 10.0 Å². The minimum atomic E-state index is -3.01. The quantitative estimate of drug-likeness (QED) is 0.584. The molecular weight excluding hydrogens is 196 g/mol. The Bertz CT molecular complexity index is 240. The van der Waals surface area contributed by atoms with Crippen LogP contribution in [0.2, 0.25) is 0 Å². The molecule has 6 heteroatoms. The number of hydrogen-bond donors (Lipinski definition) is 2. The van der Waals surface area contributed by atoms with Gasteiger partial charge in [-0.15, -0.1) is 0 Å². The normalized spacial score (nSPS) is 27.3. The Hall–Kier alpha value is 0.220. The molecule has 1 rings (SSSR count). The second-order valence-electron chi connectivity index (χ2n) is 2.95. The van der Waals surface area contributed by atoms with Crippen LogP contribution >= 0.6 is 12.6 Å². The van der Waals surface area contributed by atoms with Gasteiger partial charge in [0, 0.05) is 31.4 Å². The summed E-state index contributed by atoms with van der Waals surface area (Å²) in [6, 6.07) is 0.191. The van der Waals surface area contributed by atoms with Gasteiger partial charge in [0.1, 0.15) is 0 Å². The average Bonchev–Trinajstić information content (AvgIpc) is 2.03. The summed E-state index contributed by atoms with van der Waals surface area (Å²) in [5, 5.41) is 3.19. The van der Waals surface area contributed by atoms with E-state index in [0.29, 0.717) is 18.8 Å². The van der Waals surface area contributed by atoms with Gasteiger partial charge in [0.25, 0.3) is 0 Å². The molecule has 1 aliphatic heterocycles. The van der Waals surface area contributed by atoms with E-state index in [2.05, 4.69) is 17.9 Å². The predicted molar refractivity (Wildman–Crippen MR) is 52.1 cm³/mol. The molecule has 1 heterocycles. The van der Waals surface area contributed by atoms with Crippen molar-refractivity contribution >= 4 is 22.7 Å². The van der Waals surface area contributed by atoms with E-state index in [1.54, 1.807) is 0 Å². The number of rotatable bonds is 2. The standard InChI is InChI=1S/C6H14N2O2S2/c1-12(9,10)8-3-2-7-6(4-8)5-11/h6-7,11H,2-5H2,1H3/t6-/m0/s1. The van der Waals surface area contributed by atoms with Crippen molar-refractivity contribution in [2.75, 3.05) is 31.6 Å². The zero-order valence-electron chi connectivity index (χ0n) is 7.02. The van der Waals surface area contributed by atoms with Gasteiger partial charge < -0.3 is 5.32 Å². The molecule has 0 unspecified atom stereocenters. The first kappa shape index (κ1) is 10.3. The molecule has 1 atom stereocenters. The summed E-state index contributed by atoms with van der Waals surface area (Å²) in [4.78, 5) is 0. The van der Waals surface area contributed by atoms with Crippen LogP contribution in [-0.2, 0) is 10.0 Å². The molecule has 72 valence electrons. The van der Waals surface area contributed by atoms with Crippen LogP contribution in [0.15, 0.2) is 0 Å². The summed E-state index contributed by atoms with van der Waals surface area (Å²) in [5.41, 5.74) is 0. The summed E-state index contributed by atoms with van der Waals surface area (Å²) in [5.74, 6) is 0.673. The number of piperazine rings is 1. The lowest BCUT2D eigenvalue weighted by atomic mass is 10.3. The number of nitrogens with zero attached hydrogens (tertiary/aromatic N) is 1. The highest BCUT2D eigenvalue weighted by atomic mass is 32.2. The van der Waals surface area contributed by atoms with Gasteiger partial charge in [0.05, 0.1) is 6.26 Å². The minimum absolute atomic E-state index is 0.191. The first-order chi connectivity index (χ1) is 5.54. The monoisotopic (exact) mass is 210 g/mol. The van der Waals surface area contributed by atoms with Gasteiger partial charge in [-0.05, 0) is 0 Å². The SMILES string of the molecule is CS(=O)(=O)N1CCN[C@H](CS)C1. The van der Waals surface area contributed by atoms with Gasteiger partial charge in [0.15, 0.2) is 0 Å². The van der Waals surface area contributed by atoms with Crippen molar-refractivity contribution in [1.29, 1.82) is 0 Å². The van der Waals surface area contributed by atoms with Gasteiger partial charge >= 0.3 is 0 Å². The van der Waals surface area contributed by atoms with Crippen molar-refractivity contribution in [3.8, 4) is 0 Å². The fraction of sp³-hybridized carbons (Fsp3) is 1.00. The Morgan fingerprint density at radius 2 is 2.33 bits per heavy atom. The highest BCUT2D eigenvalue weighted by Crippen LogP contribution is 2.04. The summed E-state index contributed by atoms with van der Waals surface area (Å²) in [6.45, 7) is 1.84. The fourth-order valence-electron chi connectivity index (χ4n) is 1.22. The lowest BCUT2D eigenvalue weighted by molar-refractivity contribution is 0.315. The molecule has 0 saturated carbocycles. The van der Waals surface area contributed by atoms with E-state index in [0.717, 1.165) is 6.54 Å². The molecule has 0 radical (unpaired) electrons. The second-order valence-corrected chi connectivity index (χ2v) is 5.30. The van der Waals surface area contributed by atoms with Gasteiger partial charge in [0.2, 0.25) is 10.0 Å². The average molecular weight is 210 g/mol. The summed E-state index contributed by atoms with van der Waals surface area (Å²) < 4.78 is 23.7. The Kier molecular flexibility index (Phi) is 3.39. The number of nitrogens with one attached hydrogen (secondary N) is 1. The Balaban J connectivity index is 2.58. The molecule has 0 aromatic rings. The van der Waals surface area contributed by atoms with Crippen LogP contribution in [0.4, 0.5) is 0 Å². The van der Waals surface area contributed by atoms with Gasteiger partial charge in [-0.25, -0.2) is 8.42 Å². The molecule has 0 spiro atoms. The third-order valence-corrected chi connectivity index (χ3v) is 3.62. The third kappa shape index (κ3) is 2.62. The Labute approximate surface area is 78.8 Å². The van der Waals surface area contributed by atoms with Crippen molar-refractivity contribution in [3.63, 3.8) is 0 Å². The first-order valence-corrected chi connectivity index (χ1v) is 6.31. The van der Waals surface area contributed by atoms with Crippen LogP contribution < -0.4 is 5.32 Å². The summed E-state index contributed by atoms with van der Waals surface area (Å²) >= 11 is 4.12. The van der Waals surface area contributed by atoms with Crippen molar-refractivity contribution in [2.24, 2.45) is 0 Å². The van der Waals surface area contributed by atoms with Crippen molar-refractivity contribution in [3.05, 3.63) is 0 Å². The lowest BCUT2D eigenvalue weighted by Crippen LogP contribution is -2.53. The van der Waals surface area contributed by atoms with Crippen molar-refractivity contribution in [2.45, 2.75) is 6.04 Å². The van der Waals surface area contributed by atoms with Gasteiger partial charge in [-0.2, -0.15) is 16.9 Å². The molecule has 0 aromatic heterocycles. The number of sulfonamides is 1. The van der Waals surface area contributed by atoms with Crippen molar-refractivity contribution in [1.82, 2.24) is 9.62 Å². The molecule has 1 N–H and O–H groups in total. The van der Waals surface area contributed by atoms with E-state index in [1.165, 1.54) is 10.6 Å². The maximum Gasteiger partial charge on any atom is 0.211 e. The first-order valence-electron chi connectivity index (χ1n) is 3.83. The number of thiol groups is 1. The molecule has 4 nitrogen and oxygen atoms in total. The molecule has 1 fully saturated rings. The van der Waals surface area contributed by atoms with Crippen LogP contribution in [0.5, 0.6) is 0 Å². The molecule has 1 saturated heterocycles. The number of hydrogen-bond acceptors (Lipinski definition) is 4. The Morgan fingerprint density at radius 1 is 1.67 bits per heavy atom. The third-order valence-electron chi connectivity index (χ3n) is 1.91. The summed E-state index contributed by atoms with van der Waals surface area (Å²) in [7, 11) is -3.01.